The number of nitrogens with zero attached hydrogens (tertiary/aromatic N) is 1. The first-order valence-corrected chi connectivity index (χ1v) is 8.41. The summed E-state index contributed by atoms with van der Waals surface area (Å²) in [7, 11) is 0. The number of rotatable bonds is 4. The molecule has 0 radical (unpaired) electrons. The van der Waals surface area contributed by atoms with Gasteiger partial charge in [-0.1, -0.05) is 20.8 Å². The maximum atomic E-state index is 3.71. The normalized spacial score (nSPS) is 35.6. The molecule has 0 saturated carbocycles. The van der Waals surface area contributed by atoms with Gasteiger partial charge in [0, 0.05) is 31.7 Å². The van der Waals surface area contributed by atoms with Crippen molar-refractivity contribution in [2.45, 2.75) is 45.7 Å². The first-order chi connectivity index (χ1) is 8.20. The standard InChI is InChI=1S/C14H28N2S/c1-4-13-9-16(8-12-5-6-17-10-12)14(7-15-13)11(2)3/h11-15H,4-10H2,1-3H3. The zero-order valence-corrected chi connectivity index (χ0v) is 12.4. The third-order valence-corrected chi connectivity index (χ3v) is 5.55. The van der Waals surface area contributed by atoms with Crippen LogP contribution in [0.15, 0.2) is 0 Å². The van der Waals surface area contributed by atoms with Crippen molar-refractivity contribution in [2.24, 2.45) is 11.8 Å². The van der Waals surface area contributed by atoms with Gasteiger partial charge in [0.1, 0.15) is 0 Å². The molecule has 2 heterocycles. The first kappa shape index (κ1) is 13.7. The van der Waals surface area contributed by atoms with E-state index in [1.807, 2.05) is 0 Å². The van der Waals surface area contributed by atoms with Crippen molar-refractivity contribution in [3.05, 3.63) is 0 Å². The highest BCUT2D eigenvalue weighted by molar-refractivity contribution is 7.99. The Morgan fingerprint density at radius 3 is 2.82 bits per heavy atom. The summed E-state index contributed by atoms with van der Waals surface area (Å²) < 4.78 is 0. The van der Waals surface area contributed by atoms with Crippen LogP contribution in [-0.4, -0.2) is 48.1 Å². The summed E-state index contributed by atoms with van der Waals surface area (Å²) in [5.41, 5.74) is 0. The van der Waals surface area contributed by atoms with E-state index < -0.39 is 0 Å². The van der Waals surface area contributed by atoms with Crippen molar-refractivity contribution < 1.29 is 0 Å². The van der Waals surface area contributed by atoms with Crippen molar-refractivity contribution >= 4 is 11.8 Å². The lowest BCUT2D eigenvalue weighted by Crippen LogP contribution is -2.58. The molecule has 17 heavy (non-hydrogen) atoms. The highest BCUT2D eigenvalue weighted by atomic mass is 32.2. The molecule has 3 unspecified atom stereocenters. The molecule has 100 valence electrons. The van der Waals surface area contributed by atoms with Gasteiger partial charge in [-0.3, -0.25) is 4.90 Å². The van der Waals surface area contributed by atoms with E-state index in [2.05, 4.69) is 42.7 Å². The molecule has 0 bridgehead atoms. The van der Waals surface area contributed by atoms with E-state index in [-0.39, 0.29) is 0 Å². The smallest absolute Gasteiger partial charge is 0.0244 e. The Hall–Kier alpha value is 0.270. The lowest BCUT2D eigenvalue weighted by Gasteiger charge is -2.43. The molecule has 2 aliphatic rings. The molecule has 0 spiro atoms. The van der Waals surface area contributed by atoms with Crippen LogP contribution in [0.4, 0.5) is 0 Å². The Morgan fingerprint density at radius 2 is 2.24 bits per heavy atom. The minimum Gasteiger partial charge on any atom is -0.311 e. The molecular weight excluding hydrogens is 228 g/mol. The number of thioether (sulfide) groups is 1. The fourth-order valence-corrected chi connectivity index (χ4v) is 4.37. The molecule has 1 N–H and O–H groups in total. The summed E-state index contributed by atoms with van der Waals surface area (Å²) in [4.78, 5) is 2.78. The lowest BCUT2D eigenvalue weighted by atomic mass is 9.96. The van der Waals surface area contributed by atoms with Gasteiger partial charge >= 0.3 is 0 Å². The summed E-state index contributed by atoms with van der Waals surface area (Å²) in [6.45, 7) is 10.8. The summed E-state index contributed by atoms with van der Waals surface area (Å²) in [6, 6.07) is 1.47. The number of piperazine rings is 1. The van der Waals surface area contributed by atoms with Crippen LogP contribution < -0.4 is 5.32 Å². The van der Waals surface area contributed by atoms with Crippen molar-refractivity contribution in [3.8, 4) is 0 Å². The summed E-state index contributed by atoms with van der Waals surface area (Å²) >= 11 is 2.14. The van der Waals surface area contributed by atoms with Crippen LogP contribution in [0.25, 0.3) is 0 Å². The quantitative estimate of drug-likeness (QED) is 0.832. The Balaban J connectivity index is 1.92. The number of hydrogen-bond donors (Lipinski definition) is 1. The second-order valence-corrected chi connectivity index (χ2v) is 7.16. The topological polar surface area (TPSA) is 15.3 Å². The maximum absolute atomic E-state index is 3.71. The molecule has 2 rings (SSSR count). The van der Waals surface area contributed by atoms with Gasteiger partial charge in [0.05, 0.1) is 0 Å². The van der Waals surface area contributed by atoms with Gasteiger partial charge < -0.3 is 5.32 Å². The Kier molecular flexibility index (Phi) is 5.19. The fourth-order valence-electron chi connectivity index (χ4n) is 3.10. The van der Waals surface area contributed by atoms with E-state index in [0.717, 1.165) is 23.9 Å². The largest absolute Gasteiger partial charge is 0.311 e. The molecular formula is C14H28N2S. The third kappa shape index (κ3) is 3.62. The highest BCUT2D eigenvalue weighted by Gasteiger charge is 2.31. The van der Waals surface area contributed by atoms with E-state index in [0.29, 0.717) is 0 Å². The monoisotopic (exact) mass is 256 g/mol. The average Bonchev–Trinajstić information content (AvgIpc) is 2.81. The van der Waals surface area contributed by atoms with Crippen molar-refractivity contribution in [1.82, 2.24) is 10.2 Å². The Morgan fingerprint density at radius 1 is 1.41 bits per heavy atom. The van der Waals surface area contributed by atoms with Gasteiger partial charge in [-0.2, -0.15) is 11.8 Å². The van der Waals surface area contributed by atoms with E-state index in [4.69, 9.17) is 0 Å². The summed E-state index contributed by atoms with van der Waals surface area (Å²) in [5.74, 6) is 4.51. The third-order valence-electron chi connectivity index (χ3n) is 4.32. The number of hydrogen-bond acceptors (Lipinski definition) is 3. The van der Waals surface area contributed by atoms with Gasteiger partial charge in [-0.05, 0) is 36.2 Å². The Labute approximate surface area is 111 Å². The predicted octanol–water partition coefficient (Wildman–Crippen LogP) is 2.45. The van der Waals surface area contributed by atoms with Crippen LogP contribution in [0.5, 0.6) is 0 Å². The van der Waals surface area contributed by atoms with Crippen LogP contribution in [0, 0.1) is 11.8 Å². The molecule has 0 aliphatic carbocycles. The highest BCUT2D eigenvalue weighted by Crippen LogP contribution is 2.26. The molecule has 2 fully saturated rings. The minimum atomic E-state index is 0.721. The zero-order valence-electron chi connectivity index (χ0n) is 11.6. The first-order valence-electron chi connectivity index (χ1n) is 7.25. The summed E-state index contributed by atoms with van der Waals surface area (Å²) in [5, 5.41) is 3.71. The fraction of sp³-hybridized carbons (Fsp3) is 1.00. The Bertz CT molecular complexity index is 226. The molecule has 0 aromatic heterocycles. The molecule has 0 aromatic rings. The molecule has 2 nitrogen and oxygen atoms in total. The van der Waals surface area contributed by atoms with Crippen molar-refractivity contribution in [3.63, 3.8) is 0 Å². The van der Waals surface area contributed by atoms with E-state index >= 15 is 0 Å². The summed E-state index contributed by atoms with van der Waals surface area (Å²) in [6.07, 6.45) is 2.71. The average molecular weight is 256 g/mol. The molecule has 2 saturated heterocycles. The number of nitrogens with one attached hydrogen (secondary N) is 1. The molecule has 3 heteroatoms. The van der Waals surface area contributed by atoms with Crippen molar-refractivity contribution in [2.75, 3.05) is 31.1 Å². The zero-order chi connectivity index (χ0) is 12.3. The second-order valence-electron chi connectivity index (χ2n) is 6.01. The van der Waals surface area contributed by atoms with Gasteiger partial charge in [-0.25, -0.2) is 0 Å². The SMILES string of the molecule is CCC1CN(CC2CCSC2)C(C(C)C)CN1. The van der Waals surface area contributed by atoms with Crippen LogP contribution in [-0.2, 0) is 0 Å². The van der Waals surface area contributed by atoms with E-state index in [1.54, 1.807) is 0 Å². The minimum absolute atomic E-state index is 0.721. The van der Waals surface area contributed by atoms with Gasteiger partial charge in [0.25, 0.3) is 0 Å². The van der Waals surface area contributed by atoms with Crippen LogP contribution in [0.2, 0.25) is 0 Å². The lowest BCUT2D eigenvalue weighted by molar-refractivity contribution is 0.0840. The maximum Gasteiger partial charge on any atom is 0.0244 e. The van der Waals surface area contributed by atoms with Gasteiger partial charge in [0.2, 0.25) is 0 Å². The van der Waals surface area contributed by atoms with Crippen LogP contribution in [0.3, 0.4) is 0 Å². The van der Waals surface area contributed by atoms with E-state index in [9.17, 15) is 0 Å². The second kappa shape index (κ2) is 6.44. The van der Waals surface area contributed by atoms with Gasteiger partial charge in [-0.15, -0.1) is 0 Å². The molecule has 0 aromatic carbocycles. The molecule has 0 amide bonds. The predicted molar refractivity (Wildman–Crippen MR) is 77.7 cm³/mol. The van der Waals surface area contributed by atoms with Crippen LogP contribution >= 0.6 is 11.8 Å². The van der Waals surface area contributed by atoms with Gasteiger partial charge in [0.15, 0.2) is 0 Å². The molecule has 3 atom stereocenters. The molecule has 2 aliphatic heterocycles. The van der Waals surface area contributed by atoms with Crippen LogP contribution in [0.1, 0.15) is 33.6 Å². The van der Waals surface area contributed by atoms with Crippen molar-refractivity contribution in [1.29, 1.82) is 0 Å². The van der Waals surface area contributed by atoms with E-state index in [1.165, 1.54) is 44.0 Å².